The molecule has 0 saturated heterocycles. The molecule has 0 bridgehead atoms. The van der Waals surface area contributed by atoms with Crippen LogP contribution in [0.4, 0.5) is 0 Å². The number of methoxy groups -OCH3 is 1. The molecule has 2 aliphatic rings. The quantitative estimate of drug-likeness (QED) is 0.652. The molecule has 0 fully saturated rings. The number of pyridine rings is 1. The van der Waals surface area contributed by atoms with Crippen molar-refractivity contribution in [1.29, 1.82) is 0 Å². The topological polar surface area (TPSA) is 39.2 Å². The Morgan fingerprint density at radius 2 is 1.86 bits per heavy atom. The Kier molecular flexibility index (Phi) is 4.09. The van der Waals surface area contributed by atoms with E-state index in [1.165, 1.54) is 39.8 Å². The molecule has 5 rings (SSSR count). The predicted molar refractivity (Wildman–Crippen MR) is 110 cm³/mol. The first kappa shape index (κ1) is 16.9. The summed E-state index contributed by atoms with van der Waals surface area (Å²) in [4.78, 5) is 16.4. The van der Waals surface area contributed by atoms with Crippen molar-refractivity contribution in [2.75, 3.05) is 7.11 Å². The van der Waals surface area contributed by atoms with Gasteiger partial charge in [-0.3, -0.25) is 0 Å². The summed E-state index contributed by atoms with van der Waals surface area (Å²) in [6, 6.07) is 17.1. The highest BCUT2D eigenvalue weighted by Crippen LogP contribution is 2.30. The fourth-order valence-corrected chi connectivity index (χ4v) is 4.59. The molecule has 2 aliphatic carbocycles. The van der Waals surface area contributed by atoms with E-state index in [1.807, 2.05) is 12.1 Å². The van der Waals surface area contributed by atoms with Crippen molar-refractivity contribution >= 4 is 18.1 Å². The summed E-state index contributed by atoms with van der Waals surface area (Å²) < 4.78 is 4.93. The van der Waals surface area contributed by atoms with Crippen LogP contribution in [0.5, 0.6) is 0 Å². The third kappa shape index (κ3) is 2.66. The molecule has 0 N–H and O–H groups in total. The van der Waals surface area contributed by atoms with Crippen LogP contribution in [0.15, 0.2) is 54.7 Å². The van der Waals surface area contributed by atoms with Gasteiger partial charge in [-0.1, -0.05) is 54.6 Å². The minimum absolute atomic E-state index is 0.240. The van der Waals surface area contributed by atoms with Crippen molar-refractivity contribution in [3.05, 3.63) is 87.5 Å². The van der Waals surface area contributed by atoms with E-state index in [-0.39, 0.29) is 11.9 Å². The molecule has 1 aromatic heterocycles. The first-order valence-corrected chi connectivity index (χ1v) is 9.70. The van der Waals surface area contributed by atoms with Crippen LogP contribution in [0, 0.1) is 0 Å². The Labute approximate surface area is 164 Å². The van der Waals surface area contributed by atoms with Gasteiger partial charge in [0, 0.05) is 6.20 Å². The van der Waals surface area contributed by atoms with Crippen molar-refractivity contribution in [3.8, 4) is 11.1 Å². The van der Waals surface area contributed by atoms with E-state index in [1.54, 1.807) is 6.20 Å². The molecule has 0 aliphatic heterocycles. The van der Waals surface area contributed by atoms with E-state index >= 15 is 0 Å². The number of hydrogen-bond donors (Lipinski definition) is 0. The van der Waals surface area contributed by atoms with Gasteiger partial charge in [-0.25, -0.2) is 9.78 Å². The first-order chi connectivity index (χ1) is 13.8. The summed E-state index contributed by atoms with van der Waals surface area (Å²) in [5, 5.41) is 2.71. The van der Waals surface area contributed by atoms with Gasteiger partial charge >= 0.3 is 5.97 Å². The second-order valence-corrected chi connectivity index (χ2v) is 7.44. The highest BCUT2D eigenvalue weighted by atomic mass is 16.5. The Balaban J connectivity index is 1.58. The van der Waals surface area contributed by atoms with Gasteiger partial charge in [0.15, 0.2) is 5.69 Å². The van der Waals surface area contributed by atoms with E-state index in [4.69, 9.17) is 4.74 Å². The number of carbonyl (C=O) groups excluding carboxylic acids is 1. The lowest BCUT2D eigenvalue weighted by Crippen LogP contribution is -2.35. The van der Waals surface area contributed by atoms with Crippen LogP contribution in [0.3, 0.4) is 0 Å². The second kappa shape index (κ2) is 6.75. The number of fused-ring (bicyclic) bond motifs is 5. The van der Waals surface area contributed by atoms with Gasteiger partial charge in [-0.2, -0.15) is 0 Å². The third-order valence-electron chi connectivity index (χ3n) is 5.94. The molecule has 1 atom stereocenters. The summed E-state index contributed by atoms with van der Waals surface area (Å²) in [5.41, 5.74) is 6.81. The van der Waals surface area contributed by atoms with Gasteiger partial charge in [-0.05, 0) is 69.5 Å². The summed E-state index contributed by atoms with van der Waals surface area (Å²) in [6.07, 6.45) is 9.13. The van der Waals surface area contributed by atoms with Crippen LogP contribution >= 0.6 is 0 Å². The number of esters is 1. The first-order valence-electron chi connectivity index (χ1n) is 9.70. The van der Waals surface area contributed by atoms with Gasteiger partial charge < -0.3 is 4.74 Å². The molecule has 0 saturated carbocycles. The lowest BCUT2D eigenvalue weighted by molar-refractivity contribution is 0.0592. The van der Waals surface area contributed by atoms with Crippen molar-refractivity contribution < 1.29 is 9.53 Å². The molecule has 3 heteroatoms. The van der Waals surface area contributed by atoms with Crippen LogP contribution in [0.1, 0.15) is 39.5 Å². The molecule has 0 spiro atoms. The highest BCUT2D eigenvalue weighted by Gasteiger charge is 2.24. The van der Waals surface area contributed by atoms with Crippen molar-refractivity contribution in [2.24, 2.45) is 0 Å². The van der Waals surface area contributed by atoms with Crippen LogP contribution in [-0.4, -0.2) is 18.1 Å². The average molecular weight is 367 g/mol. The smallest absolute Gasteiger partial charge is 0.356 e. The van der Waals surface area contributed by atoms with Crippen molar-refractivity contribution in [2.45, 2.75) is 25.2 Å². The fraction of sp³-hybridized carbons (Fsp3) is 0.200. The molecule has 3 nitrogen and oxygen atoms in total. The number of rotatable bonds is 2. The molecule has 28 heavy (non-hydrogen) atoms. The lowest BCUT2D eigenvalue weighted by atomic mass is 9.81. The van der Waals surface area contributed by atoms with E-state index in [2.05, 4.69) is 53.5 Å². The molecule has 2 aromatic carbocycles. The number of ether oxygens (including phenoxy) is 1. The maximum Gasteiger partial charge on any atom is 0.356 e. The zero-order valence-electron chi connectivity index (χ0n) is 15.8. The van der Waals surface area contributed by atoms with E-state index in [0.29, 0.717) is 5.69 Å². The Bertz CT molecular complexity index is 1210. The average Bonchev–Trinajstić information content (AvgIpc) is 2.77. The number of hydrogen-bond acceptors (Lipinski definition) is 3. The van der Waals surface area contributed by atoms with Gasteiger partial charge in [0.25, 0.3) is 0 Å². The van der Waals surface area contributed by atoms with Gasteiger partial charge in [0.1, 0.15) is 0 Å². The van der Waals surface area contributed by atoms with Crippen LogP contribution < -0.4 is 10.4 Å². The monoisotopic (exact) mass is 367 g/mol. The minimum Gasteiger partial charge on any atom is -0.464 e. The molecule has 3 aromatic rings. The Hall–Kier alpha value is -3.20. The highest BCUT2D eigenvalue weighted by molar-refractivity contribution is 5.89. The fourth-order valence-electron chi connectivity index (χ4n) is 4.59. The largest absolute Gasteiger partial charge is 0.464 e. The Morgan fingerprint density at radius 3 is 2.75 bits per heavy atom. The Morgan fingerprint density at radius 1 is 0.964 bits per heavy atom. The summed E-state index contributed by atoms with van der Waals surface area (Å²) in [6.45, 7) is 0. The van der Waals surface area contributed by atoms with Gasteiger partial charge in [0.2, 0.25) is 0 Å². The van der Waals surface area contributed by atoms with E-state index < -0.39 is 0 Å². The number of nitrogens with zero attached hydrogens (tertiary/aromatic N) is 1. The third-order valence-corrected chi connectivity index (χ3v) is 5.94. The number of carbonyl (C=O) groups is 1. The molecule has 0 radical (unpaired) electrons. The van der Waals surface area contributed by atoms with Crippen LogP contribution in [0.25, 0.3) is 23.3 Å². The maximum atomic E-state index is 12.1. The molecule has 138 valence electrons. The number of aromatic nitrogens is 1. The molecule has 1 unspecified atom stereocenters. The SMILES string of the molecule is COC(=O)c1ncccc1C1CC=c2c(ccc3c2=CCc2ccccc2-3)C1. The van der Waals surface area contributed by atoms with Gasteiger partial charge in [0.05, 0.1) is 7.11 Å². The zero-order chi connectivity index (χ0) is 19.1. The zero-order valence-corrected chi connectivity index (χ0v) is 15.8. The second-order valence-electron chi connectivity index (χ2n) is 7.44. The van der Waals surface area contributed by atoms with Crippen molar-refractivity contribution in [1.82, 2.24) is 4.98 Å². The predicted octanol–water partition coefficient (Wildman–Crippen LogP) is 3.38. The molecule has 0 amide bonds. The van der Waals surface area contributed by atoms with Crippen LogP contribution in [-0.2, 0) is 17.6 Å². The standard InChI is InChI=1S/C25H21NO2/c1-28-25(27)24-21(7-4-14-26-24)18-9-11-20-17(15-18)10-13-22-19-6-3-2-5-16(19)8-12-23(20)22/h2-7,10-14,18H,8-9,15H2,1H3. The molecular weight excluding hydrogens is 346 g/mol. The molecule has 1 heterocycles. The normalized spacial score (nSPS) is 16.7. The summed E-state index contributed by atoms with van der Waals surface area (Å²) >= 11 is 0. The molecular formula is C25H21NO2. The van der Waals surface area contributed by atoms with E-state index in [9.17, 15) is 4.79 Å². The lowest BCUT2D eigenvalue weighted by Gasteiger charge is -2.24. The maximum absolute atomic E-state index is 12.1. The van der Waals surface area contributed by atoms with Crippen molar-refractivity contribution in [3.63, 3.8) is 0 Å². The number of benzene rings is 2. The minimum atomic E-state index is -0.364. The van der Waals surface area contributed by atoms with Gasteiger partial charge in [-0.15, -0.1) is 0 Å². The summed E-state index contributed by atoms with van der Waals surface area (Å²) in [7, 11) is 1.41. The van der Waals surface area contributed by atoms with Crippen LogP contribution in [0.2, 0.25) is 0 Å². The van der Waals surface area contributed by atoms with E-state index in [0.717, 1.165) is 24.8 Å². The summed E-state index contributed by atoms with van der Waals surface area (Å²) in [5.74, 6) is -0.124.